The van der Waals surface area contributed by atoms with Gasteiger partial charge in [0.2, 0.25) is 0 Å². The van der Waals surface area contributed by atoms with Gasteiger partial charge in [-0.3, -0.25) is 0 Å². The number of hydrogen-bond acceptors (Lipinski definition) is 7. The fourth-order valence-electron chi connectivity index (χ4n) is 3.84. The maximum Gasteiger partial charge on any atom is 0.338 e. The summed E-state index contributed by atoms with van der Waals surface area (Å²) in [7, 11) is 0. The molecular formula is C28H26O7. The largest absolute Gasteiger partial charge is 0.461 e. The van der Waals surface area contributed by atoms with E-state index in [4.69, 9.17) is 18.9 Å². The van der Waals surface area contributed by atoms with Crippen molar-refractivity contribution in [2.24, 2.45) is 5.41 Å². The molecule has 0 aromatic heterocycles. The highest BCUT2D eigenvalue weighted by atomic mass is 16.6. The second-order valence-electron chi connectivity index (χ2n) is 8.49. The number of esters is 3. The molecule has 1 unspecified atom stereocenters. The van der Waals surface area contributed by atoms with Crippen molar-refractivity contribution >= 4 is 17.9 Å². The van der Waals surface area contributed by atoms with E-state index in [1.54, 1.807) is 97.9 Å². The summed E-state index contributed by atoms with van der Waals surface area (Å²) in [6.45, 7) is 1.68. The van der Waals surface area contributed by atoms with Crippen molar-refractivity contribution in [3.63, 3.8) is 0 Å². The van der Waals surface area contributed by atoms with Crippen LogP contribution in [0.15, 0.2) is 91.0 Å². The lowest BCUT2D eigenvalue weighted by Gasteiger charge is -2.33. The molecule has 35 heavy (non-hydrogen) atoms. The van der Waals surface area contributed by atoms with Crippen molar-refractivity contribution in [3.05, 3.63) is 108 Å². The maximum absolute atomic E-state index is 12.7. The summed E-state index contributed by atoms with van der Waals surface area (Å²) in [5.74, 6) is -1.52. The zero-order valence-corrected chi connectivity index (χ0v) is 19.3. The predicted molar refractivity (Wildman–Crippen MR) is 127 cm³/mol. The minimum Gasteiger partial charge on any atom is -0.461 e. The molecule has 4 rings (SSSR count). The highest BCUT2D eigenvalue weighted by molar-refractivity contribution is 5.90. The van der Waals surface area contributed by atoms with Crippen LogP contribution in [0, 0.1) is 5.41 Å². The molecule has 1 aliphatic rings. The van der Waals surface area contributed by atoms with Gasteiger partial charge in [0, 0.05) is 0 Å². The summed E-state index contributed by atoms with van der Waals surface area (Å²) in [6, 6.07) is 25.8. The summed E-state index contributed by atoms with van der Waals surface area (Å²) < 4.78 is 22.8. The van der Waals surface area contributed by atoms with Gasteiger partial charge in [-0.1, -0.05) is 61.5 Å². The lowest BCUT2D eigenvalue weighted by molar-refractivity contribution is -0.0523. The SMILES string of the molecule is C[C@]1(COC(=O)c2ccccc2)C(COC(=O)c2ccccc2)OC[C@@H]1OC(=O)c1ccccc1. The monoisotopic (exact) mass is 474 g/mol. The summed E-state index contributed by atoms with van der Waals surface area (Å²) >= 11 is 0. The van der Waals surface area contributed by atoms with Crippen molar-refractivity contribution in [2.45, 2.75) is 19.1 Å². The van der Waals surface area contributed by atoms with E-state index in [1.165, 1.54) is 0 Å². The highest BCUT2D eigenvalue weighted by Gasteiger charge is 2.52. The molecule has 1 saturated heterocycles. The number of ether oxygens (including phenoxy) is 4. The Hall–Kier alpha value is -3.97. The molecular weight excluding hydrogens is 448 g/mol. The number of carbonyl (C=O) groups is 3. The molecule has 3 aromatic carbocycles. The van der Waals surface area contributed by atoms with Crippen LogP contribution in [0.5, 0.6) is 0 Å². The van der Waals surface area contributed by atoms with Crippen LogP contribution < -0.4 is 0 Å². The Kier molecular flexibility index (Phi) is 7.57. The number of rotatable bonds is 8. The molecule has 0 bridgehead atoms. The van der Waals surface area contributed by atoms with Crippen LogP contribution in [-0.4, -0.2) is 49.9 Å². The summed E-state index contributed by atoms with van der Waals surface area (Å²) in [4.78, 5) is 37.8. The fraction of sp³-hybridized carbons (Fsp3) is 0.250. The molecule has 7 nitrogen and oxygen atoms in total. The quantitative estimate of drug-likeness (QED) is 0.355. The third kappa shape index (κ3) is 5.75. The number of carbonyl (C=O) groups excluding carboxylic acids is 3. The molecule has 3 aromatic rings. The molecule has 3 atom stereocenters. The maximum atomic E-state index is 12.7. The van der Waals surface area contributed by atoms with Crippen LogP contribution in [0.2, 0.25) is 0 Å². The molecule has 0 aliphatic carbocycles. The molecule has 180 valence electrons. The Morgan fingerprint density at radius 2 is 1.20 bits per heavy atom. The Labute approximate surface area is 203 Å². The van der Waals surface area contributed by atoms with E-state index >= 15 is 0 Å². The molecule has 0 saturated carbocycles. The van der Waals surface area contributed by atoms with E-state index in [-0.39, 0.29) is 19.8 Å². The van der Waals surface area contributed by atoms with Gasteiger partial charge in [0.1, 0.15) is 25.4 Å². The van der Waals surface area contributed by atoms with Crippen LogP contribution in [0.25, 0.3) is 0 Å². The lowest BCUT2D eigenvalue weighted by Crippen LogP contribution is -2.45. The van der Waals surface area contributed by atoms with E-state index in [0.29, 0.717) is 16.7 Å². The summed E-state index contributed by atoms with van der Waals surface area (Å²) in [5.41, 5.74) is 0.260. The average molecular weight is 475 g/mol. The van der Waals surface area contributed by atoms with E-state index in [9.17, 15) is 14.4 Å². The first-order valence-corrected chi connectivity index (χ1v) is 11.3. The van der Waals surface area contributed by atoms with Crippen LogP contribution in [0.1, 0.15) is 38.0 Å². The van der Waals surface area contributed by atoms with E-state index in [1.807, 2.05) is 0 Å². The molecule has 7 heteroatoms. The second kappa shape index (κ2) is 11.0. The minimum absolute atomic E-state index is 0.0749. The van der Waals surface area contributed by atoms with E-state index in [0.717, 1.165) is 0 Å². The first-order valence-electron chi connectivity index (χ1n) is 11.3. The van der Waals surface area contributed by atoms with Crippen molar-refractivity contribution < 1.29 is 33.3 Å². The Morgan fingerprint density at radius 1 is 0.743 bits per heavy atom. The summed E-state index contributed by atoms with van der Waals surface area (Å²) in [5, 5.41) is 0. The van der Waals surface area contributed by atoms with E-state index < -0.39 is 35.5 Å². The van der Waals surface area contributed by atoms with Gasteiger partial charge in [-0.15, -0.1) is 0 Å². The Bertz CT molecular complexity index is 1150. The van der Waals surface area contributed by atoms with Gasteiger partial charge in [-0.2, -0.15) is 0 Å². The van der Waals surface area contributed by atoms with Gasteiger partial charge in [-0.05, 0) is 36.4 Å². The Balaban J connectivity index is 1.48. The summed E-state index contributed by atoms with van der Waals surface area (Å²) in [6.07, 6.45) is -1.38. The van der Waals surface area contributed by atoms with Crippen LogP contribution >= 0.6 is 0 Å². The van der Waals surface area contributed by atoms with Crippen molar-refractivity contribution in [2.75, 3.05) is 19.8 Å². The van der Waals surface area contributed by atoms with Gasteiger partial charge in [0.15, 0.2) is 0 Å². The molecule has 0 radical (unpaired) electrons. The lowest BCUT2D eigenvalue weighted by atomic mass is 9.81. The van der Waals surface area contributed by atoms with Crippen LogP contribution in [0.4, 0.5) is 0 Å². The first-order chi connectivity index (χ1) is 17.0. The van der Waals surface area contributed by atoms with Crippen molar-refractivity contribution in [3.8, 4) is 0 Å². The van der Waals surface area contributed by atoms with Crippen LogP contribution in [0.3, 0.4) is 0 Å². The van der Waals surface area contributed by atoms with Gasteiger partial charge >= 0.3 is 17.9 Å². The van der Waals surface area contributed by atoms with Crippen molar-refractivity contribution in [1.82, 2.24) is 0 Å². The third-order valence-electron chi connectivity index (χ3n) is 6.08. The van der Waals surface area contributed by atoms with Gasteiger partial charge in [0.25, 0.3) is 0 Å². The first kappa shape index (κ1) is 24.2. The van der Waals surface area contributed by atoms with E-state index in [2.05, 4.69) is 0 Å². The molecule has 0 amide bonds. The topological polar surface area (TPSA) is 88.1 Å². The zero-order chi connectivity index (χ0) is 24.7. The molecule has 1 heterocycles. The van der Waals surface area contributed by atoms with Gasteiger partial charge < -0.3 is 18.9 Å². The number of hydrogen-bond donors (Lipinski definition) is 0. The fourth-order valence-corrected chi connectivity index (χ4v) is 3.84. The van der Waals surface area contributed by atoms with Crippen molar-refractivity contribution in [1.29, 1.82) is 0 Å². The normalized spacial score (nSPS) is 21.2. The van der Waals surface area contributed by atoms with Crippen LogP contribution in [-0.2, 0) is 18.9 Å². The Morgan fingerprint density at radius 3 is 1.71 bits per heavy atom. The van der Waals surface area contributed by atoms with Gasteiger partial charge in [0.05, 0.1) is 28.7 Å². The highest BCUT2D eigenvalue weighted by Crippen LogP contribution is 2.38. The third-order valence-corrected chi connectivity index (χ3v) is 6.08. The molecule has 1 aliphatic heterocycles. The predicted octanol–water partition coefficient (Wildman–Crippen LogP) is 4.33. The average Bonchev–Trinajstić information content (AvgIpc) is 3.22. The number of benzene rings is 3. The molecule has 0 N–H and O–H groups in total. The standard InChI is InChI=1S/C28H26O7/c1-28(19-34-26(30)21-13-7-3-8-14-21)23(17-33-25(29)20-11-5-2-6-12-20)32-18-24(28)35-27(31)22-15-9-4-10-16-22/h2-16,23-24H,17-19H2,1H3/t23?,24-,28-/m0/s1. The molecule has 1 fully saturated rings. The smallest absolute Gasteiger partial charge is 0.338 e. The molecule has 0 spiro atoms. The van der Waals surface area contributed by atoms with Gasteiger partial charge in [-0.25, -0.2) is 14.4 Å². The second-order valence-corrected chi connectivity index (χ2v) is 8.49. The minimum atomic E-state index is -0.953. The zero-order valence-electron chi connectivity index (χ0n) is 19.3.